The standard InChI is InChI=1S/C14H16ClN3O/c1-10(14(19)17(2)3)18-9-8-13(16-18)11-4-6-12(15)7-5-11/h4-10H,1-3H3/t10-/m1/s1. The third-order valence-corrected chi connectivity index (χ3v) is 3.20. The Labute approximate surface area is 117 Å². The van der Waals surface area contributed by atoms with Crippen molar-refractivity contribution >= 4 is 17.5 Å². The molecule has 0 aliphatic carbocycles. The summed E-state index contributed by atoms with van der Waals surface area (Å²) in [5, 5.41) is 5.13. The predicted octanol–water partition coefficient (Wildman–Crippen LogP) is 2.85. The SMILES string of the molecule is C[C@H](C(=O)N(C)C)n1ccc(-c2ccc(Cl)cc2)n1. The molecule has 2 aromatic rings. The molecule has 0 aliphatic heterocycles. The Morgan fingerprint density at radius 1 is 1.26 bits per heavy atom. The van der Waals surface area contributed by atoms with Crippen molar-refractivity contribution in [1.29, 1.82) is 0 Å². The summed E-state index contributed by atoms with van der Waals surface area (Å²) >= 11 is 5.86. The van der Waals surface area contributed by atoms with Crippen molar-refractivity contribution in [3.63, 3.8) is 0 Å². The zero-order chi connectivity index (χ0) is 14.0. The minimum atomic E-state index is -0.309. The van der Waals surface area contributed by atoms with Gasteiger partial charge in [-0.2, -0.15) is 5.10 Å². The molecule has 19 heavy (non-hydrogen) atoms. The smallest absolute Gasteiger partial charge is 0.246 e. The highest BCUT2D eigenvalue weighted by molar-refractivity contribution is 6.30. The van der Waals surface area contributed by atoms with Crippen LogP contribution in [0.15, 0.2) is 36.5 Å². The first-order valence-corrected chi connectivity index (χ1v) is 6.39. The zero-order valence-electron chi connectivity index (χ0n) is 11.2. The summed E-state index contributed by atoms with van der Waals surface area (Å²) in [4.78, 5) is 13.4. The number of aromatic nitrogens is 2. The number of carbonyl (C=O) groups excluding carboxylic acids is 1. The second-order valence-corrected chi connectivity index (χ2v) is 5.03. The lowest BCUT2D eigenvalue weighted by Crippen LogP contribution is -2.30. The topological polar surface area (TPSA) is 38.1 Å². The molecular formula is C14H16ClN3O. The van der Waals surface area contributed by atoms with Crippen molar-refractivity contribution in [2.45, 2.75) is 13.0 Å². The first-order valence-electron chi connectivity index (χ1n) is 6.01. The van der Waals surface area contributed by atoms with Crippen molar-refractivity contribution in [2.75, 3.05) is 14.1 Å². The summed E-state index contributed by atoms with van der Waals surface area (Å²) in [6.45, 7) is 1.83. The molecule has 1 heterocycles. The fraction of sp³-hybridized carbons (Fsp3) is 0.286. The van der Waals surface area contributed by atoms with E-state index < -0.39 is 0 Å². The lowest BCUT2D eigenvalue weighted by molar-refractivity contribution is -0.131. The quantitative estimate of drug-likeness (QED) is 0.865. The van der Waals surface area contributed by atoms with Crippen LogP contribution >= 0.6 is 11.6 Å². The molecule has 2 rings (SSSR count). The Hall–Kier alpha value is -1.81. The minimum Gasteiger partial charge on any atom is -0.347 e. The molecule has 1 atom stereocenters. The van der Waals surface area contributed by atoms with Crippen LogP contribution in [0.1, 0.15) is 13.0 Å². The van der Waals surface area contributed by atoms with E-state index in [4.69, 9.17) is 11.6 Å². The molecule has 1 amide bonds. The number of rotatable bonds is 3. The number of amides is 1. The maximum absolute atomic E-state index is 11.9. The Kier molecular flexibility index (Phi) is 3.90. The molecule has 0 bridgehead atoms. The number of hydrogen-bond donors (Lipinski definition) is 0. The Morgan fingerprint density at radius 3 is 2.47 bits per heavy atom. The maximum atomic E-state index is 11.9. The van der Waals surface area contributed by atoms with E-state index in [1.807, 2.05) is 43.5 Å². The highest BCUT2D eigenvalue weighted by atomic mass is 35.5. The Bertz CT molecular complexity index is 575. The molecule has 0 N–H and O–H groups in total. The second kappa shape index (κ2) is 5.45. The summed E-state index contributed by atoms with van der Waals surface area (Å²) in [5.74, 6) is 0.0192. The molecule has 0 unspecified atom stereocenters. The summed E-state index contributed by atoms with van der Waals surface area (Å²) < 4.78 is 1.67. The number of carbonyl (C=O) groups is 1. The van der Waals surface area contributed by atoms with E-state index in [1.165, 1.54) is 0 Å². The van der Waals surface area contributed by atoms with Gasteiger partial charge in [-0.1, -0.05) is 23.7 Å². The van der Waals surface area contributed by atoms with E-state index in [1.54, 1.807) is 23.7 Å². The van der Waals surface area contributed by atoms with Crippen LogP contribution < -0.4 is 0 Å². The molecule has 1 aromatic heterocycles. The van der Waals surface area contributed by atoms with Crippen LogP contribution in [0, 0.1) is 0 Å². The average molecular weight is 278 g/mol. The van der Waals surface area contributed by atoms with Gasteiger partial charge in [0.05, 0.1) is 5.69 Å². The number of halogens is 1. The first kappa shape index (κ1) is 13.6. The molecule has 0 fully saturated rings. The summed E-state index contributed by atoms with van der Waals surface area (Å²) in [5.41, 5.74) is 1.81. The van der Waals surface area contributed by atoms with Crippen LogP contribution in [0.2, 0.25) is 5.02 Å². The molecule has 0 saturated carbocycles. The van der Waals surface area contributed by atoms with Gasteiger partial charge in [-0.3, -0.25) is 9.48 Å². The summed E-state index contributed by atoms with van der Waals surface area (Å²) in [7, 11) is 3.48. The van der Waals surface area contributed by atoms with Crippen molar-refractivity contribution < 1.29 is 4.79 Å². The predicted molar refractivity (Wildman–Crippen MR) is 76.1 cm³/mol. The lowest BCUT2D eigenvalue weighted by Gasteiger charge is -2.16. The Balaban J connectivity index is 2.24. The summed E-state index contributed by atoms with van der Waals surface area (Å²) in [6, 6.07) is 9.05. The highest BCUT2D eigenvalue weighted by Crippen LogP contribution is 2.20. The van der Waals surface area contributed by atoms with E-state index >= 15 is 0 Å². The molecule has 0 saturated heterocycles. The molecule has 4 nitrogen and oxygen atoms in total. The normalized spacial score (nSPS) is 12.2. The third kappa shape index (κ3) is 2.96. The fourth-order valence-electron chi connectivity index (χ4n) is 1.82. The van der Waals surface area contributed by atoms with Crippen LogP contribution in [-0.2, 0) is 4.79 Å². The van der Waals surface area contributed by atoms with Gasteiger partial charge in [0.25, 0.3) is 0 Å². The largest absolute Gasteiger partial charge is 0.347 e. The fourth-order valence-corrected chi connectivity index (χ4v) is 1.94. The lowest BCUT2D eigenvalue weighted by atomic mass is 10.2. The van der Waals surface area contributed by atoms with Crippen LogP contribution in [0.5, 0.6) is 0 Å². The molecular weight excluding hydrogens is 262 g/mol. The van der Waals surface area contributed by atoms with Gasteiger partial charge in [0.15, 0.2) is 0 Å². The van der Waals surface area contributed by atoms with Gasteiger partial charge in [-0.25, -0.2) is 0 Å². The van der Waals surface area contributed by atoms with Gasteiger partial charge in [-0.05, 0) is 25.1 Å². The monoisotopic (exact) mass is 277 g/mol. The van der Waals surface area contributed by atoms with Gasteiger partial charge in [0, 0.05) is 30.9 Å². The van der Waals surface area contributed by atoms with E-state index in [2.05, 4.69) is 5.10 Å². The number of likely N-dealkylation sites (N-methyl/N-ethyl adjacent to an activating group) is 1. The van der Waals surface area contributed by atoms with Gasteiger partial charge in [0.1, 0.15) is 6.04 Å². The van der Waals surface area contributed by atoms with Crippen LogP contribution in [0.25, 0.3) is 11.3 Å². The highest BCUT2D eigenvalue weighted by Gasteiger charge is 2.17. The van der Waals surface area contributed by atoms with Crippen LogP contribution in [0.3, 0.4) is 0 Å². The molecule has 0 aliphatic rings. The van der Waals surface area contributed by atoms with E-state index in [0.29, 0.717) is 5.02 Å². The zero-order valence-corrected chi connectivity index (χ0v) is 11.9. The number of nitrogens with zero attached hydrogens (tertiary/aromatic N) is 3. The number of hydrogen-bond acceptors (Lipinski definition) is 2. The number of benzene rings is 1. The van der Waals surface area contributed by atoms with E-state index in [9.17, 15) is 4.79 Å². The van der Waals surface area contributed by atoms with Crippen LogP contribution in [-0.4, -0.2) is 34.7 Å². The first-order chi connectivity index (χ1) is 8.99. The van der Waals surface area contributed by atoms with Gasteiger partial charge in [0.2, 0.25) is 5.91 Å². The van der Waals surface area contributed by atoms with Crippen molar-refractivity contribution in [1.82, 2.24) is 14.7 Å². The summed E-state index contributed by atoms with van der Waals surface area (Å²) in [6.07, 6.45) is 1.82. The van der Waals surface area contributed by atoms with Gasteiger partial charge < -0.3 is 4.90 Å². The van der Waals surface area contributed by atoms with Gasteiger partial charge >= 0.3 is 0 Å². The maximum Gasteiger partial charge on any atom is 0.246 e. The molecule has 0 spiro atoms. The van der Waals surface area contributed by atoms with Crippen molar-refractivity contribution in [3.05, 3.63) is 41.6 Å². The van der Waals surface area contributed by atoms with E-state index in [-0.39, 0.29) is 11.9 Å². The van der Waals surface area contributed by atoms with E-state index in [0.717, 1.165) is 11.3 Å². The van der Waals surface area contributed by atoms with Crippen molar-refractivity contribution in [3.8, 4) is 11.3 Å². The minimum absolute atomic E-state index is 0.0192. The van der Waals surface area contributed by atoms with Crippen LogP contribution in [0.4, 0.5) is 0 Å². The third-order valence-electron chi connectivity index (χ3n) is 2.94. The molecule has 100 valence electrons. The Morgan fingerprint density at radius 2 is 1.89 bits per heavy atom. The molecule has 5 heteroatoms. The van der Waals surface area contributed by atoms with Crippen molar-refractivity contribution in [2.24, 2.45) is 0 Å². The van der Waals surface area contributed by atoms with Gasteiger partial charge in [-0.15, -0.1) is 0 Å². The average Bonchev–Trinajstić information content (AvgIpc) is 2.87. The molecule has 0 radical (unpaired) electrons. The second-order valence-electron chi connectivity index (χ2n) is 4.60. The molecule has 1 aromatic carbocycles.